The Kier molecular flexibility index (Phi) is 6.14. The predicted molar refractivity (Wildman–Crippen MR) is 194 cm³/mol. The van der Waals surface area contributed by atoms with E-state index in [1.54, 1.807) is 0 Å². The molecule has 0 amide bonds. The molecule has 216 valence electrons. The maximum atomic E-state index is 4.71. The number of fused-ring (bicyclic) bond motifs is 5. The number of hydrogen-bond acceptors (Lipinski definition) is 2. The molecule has 2 heterocycles. The van der Waals surface area contributed by atoms with Crippen molar-refractivity contribution in [2.75, 3.05) is 4.90 Å². The first-order chi connectivity index (χ1) is 22.8. The maximum absolute atomic E-state index is 4.71. The van der Waals surface area contributed by atoms with Gasteiger partial charge in [-0.2, -0.15) is 0 Å². The van der Waals surface area contributed by atoms with Crippen LogP contribution in [0, 0.1) is 0 Å². The first kappa shape index (κ1) is 26.2. The van der Waals surface area contributed by atoms with Crippen molar-refractivity contribution in [3.63, 3.8) is 0 Å². The maximum Gasteiger partial charge on any atom is 0.0702 e. The summed E-state index contributed by atoms with van der Waals surface area (Å²) in [4.78, 5) is 7.04. The Morgan fingerprint density at radius 1 is 0.413 bits per heavy atom. The summed E-state index contributed by atoms with van der Waals surface area (Å²) in [5, 5.41) is 6.07. The van der Waals surface area contributed by atoms with Crippen LogP contribution in [0.1, 0.15) is 0 Å². The van der Waals surface area contributed by atoms with Gasteiger partial charge < -0.3 is 9.47 Å². The van der Waals surface area contributed by atoms with Crippen LogP contribution in [0.25, 0.3) is 60.3 Å². The van der Waals surface area contributed by atoms with Gasteiger partial charge in [0.1, 0.15) is 0 Å². The van der Waals surface area contributed by atoms with Gasteiger partial charge in [0, 0.05) is 50.7 Å². The van der Waals surface area contributed by atoms with Gasteiger partial charge in [0.25, 0.3) is 0 Å². The summed E-state index contributed by atoms with van der Waals surface area (Å²) in [5.74, 6) is 0. The zero-order valence-electron chi connectivity index (χ0n) is 25.1. The predicted octanol–water partition coefficient (Wildman–Crippen LogP) is 11.6. The van der Waals surface area contributed by atoms with Crippen molar-refractivity contribution in [3.05, 3.63) is 176 Å². The van der Waals surface area contributed by atoms with E-state index in [4.69, 9.17) is 4.98 Å². The van der Waals surface area contributed by atoms with Crippen molar-refractivity contribution in [3.8, 4) is 16.8 Å². The lowest BCUT2D eigenvalue weighted by Gasteiger charge is -2.26. The fraction of sp³-hybridized carbons (Fsp3) is 0. The molecule has 0 atom stereocenters. The van der Waals surface area contributed by atoms with Crippen LogP contribution in [0.3, 0.4) is 0 Å². The lowest BCUT2D eigenvalue weighted by molar-refractivity contribution is 1.17. The third-order valence-electron chi connectivity index (χ3n) is 8.97. The van der Waals surface area contributed by atoms with Gasteiger partial charge in [0.15, 0.2) is 0 Å². The Hall–Kier alpha value is -6.19. The second-order valence-electron chi connectivity index (χ2n) is 11.7. The van der Waals surface area contributed by atoms with E-state index in [9.17, 15) is 0 Å². The van der Waals surface area contributed by atoms with Crippen LogP contribution in [0.2, 0.25) is 0 Å². The summed E-state index contributed by atoms with van der Waals surface area (Å²) in [6.07, 6.45) is 1.97. The first-order valence-electron chi connectivity index (χ1n) is 15.6. The highest BCUT2D eigenvalue weighted by Gasteiger charge is 2.15. The second-order valence-corrected chi connectivity index (χ2v) is 11.7. The number of aromatic nitrogens is 2. The van der Waals surface area contributed by atoms with Gasteiger partial charge in [-0.3, -0.25) is 4.98 Å². The number of nitrogens with zero attached hydrogens (tertiary/aromatic N) is 3. The molecule has 0 aliphatic rings. The minimum absolute atomic E-state index is 1.01. The topological polar surface area (TPSA) is 21.1 Å². The molecule has 7 aromatic carbocycles. The van der Waals surface area contributed by atoms with Crippen LogP contribution < -0.4 is 4.90 Å². The molecule has 0 aliphatic carbocycles. The Balaban J connectivity index is 1.15. The largest absolute Gasteiger partial charge is 0.310 e. The average Bonchev–Trinajstić information content (AvgIpc) is 3.46. The molecule has 0 saturated carbocycles. The molecular formula is C43H29N3. The average molecular weight is 588 g/mol. The lowest BCUT2D eigenvalue weighted by Crippen LogP contribution is -2.10. The molecule has 0 N–H and O–H groups in total. The van der Waals surface area contributed by atoms with Gasteiger partial charge in [-0.05, 0) is 95.2 Å². The highest BCUT2D eigenvalue weighted by Crippen LogP contribution is 2.38. The number of rotatable bonds is 5. The van der Waals surface area contributed by atoms with Crippen LogP contribution in [-0.2, 0) is 0 Å². The Morgan fingerprint density at radius 2 is 1.02 bits per heavy atom. The summed E-state index contributed by atoms with van der Waals surface area (Å²) < 4.78 is 2.36. The van der Waals surface area contributed by atoms with E-state index < -0.39 is 0 Å². The van der Waals surface area contributed by atoms with Gasteiger partial charge >= 0.3 is 0 Å². The lowest BCUT2D eigenvalue weighted by atomic mass is 10.0. The standard InChI is InChI=1S/C43H29N3/c1-2-11-35(12-3-1)45(36-22-24-37(25-23-36)46-42-16-8-5-13-39(42)40-14-6-9-17-43(40)46)38-21-20-30-18-19-31(26-33(30)28-38)34-27-32-10-4-7-15-41(32)44-29-34/h1-29H. The smallest absolute Gasteiger partial charge is 0.0702 e. The normalized spacial score (nSPS) is 11.5. The Morgan fingerprint density at radius 3 is 1.80 bits per heavy atom. The zero-order chi connectivity index (χ0) is 30.5. The summed E-state index contributed by atoms with van der Waals surface area (Å²) in [6.45, 7) is 0. The van der Waals surface area contributed by atoms with Gasteiger partial charge in [-0.25, -0.2) is 0 Å². The van der Waals surface area contributed by atoms with Gasteiger partial charge in [0.05, 0.1) is 16.6 Å². The molecule has 9 rings (SSSR count). The van der Waals surface area contributed by atoms with Gasteiger partial charge in [-0.15, -0.1) is 0 Å². The molecule has 3 heteroatoms. The molecule has 0 aliphatic heterocycles. The van der Waals surface area contributed by atoms with Crippen molar-refractivity contribution < 1.29 is 0 Å². The molecule has 0 saturated heterocycles. The van der Waals surface area contributed by atoms with E-state index in [0.717, 1.165) is 44.8 Å². The first-order valence-corrected chi connectivity index (χ1v) is 15.6. The number of benzene rings is 7. The highest BCUT2D eigenvalue weighted by molar-refractivity contribution is 6.09. The summed E-state index contributed by atoms with van der Waals surface area (Å²) in [6, 6.07) is 60.7. The molecule has 46 heavy (non-hydrogen) atoms. The van der Waals surface area contributed by atoms with Crippen molar-refractivity contribution in [2.45, 2.75) is 0 Å². The Bertz CT molecular complexity index is 2470. The third-order valence-corrected chi connectivity index (χ3v) is 8.97. The van der Waals surface area contributed by atoms with Crippen LogP contribution >= 0.6 is 0 Å². The van der Waals surface area contributed by atoms with E-state index in [2.05, 4.69) is 173 Å². The van der Waals surface area contributed by atoms with Crippen molar-refractivity contribution in [1.82, 2.24) is 9.55 Å². The molecule has 0 fully saturated rings. The van der Waals surface area contributed by atoms with Crippen LogP contribution in [0.5, 0.6) is 0 Å². The zero-order valence-corrected chi connectivity index (χ0v) is 25.1. The minimum atomic E-state index is 1.01. The molecule has 9 aromatic rings. The summed E-state index contributed by atoms with van der Waals surface area (Å²) in [7, 11) is 0. The number of para-hydroxylation sites is 4. The van der Waals surface area contributed by atoms with Crippen LogP contribution in [0.4, 0.5) is 17.1 Å². The molecule has 3 nitrogen and oxygen atoms in total. The van der Waals surface area contributed by atoms with Crippen molar-refractivity contribution >= 4 is 60.5 Å². The summed E-state index contributed by atoms with van der Waals surface area (Å²) in [5.41, 5.74) is 10.2. The molecule has 0 spiro atoms. The number of anilines is 3. The monoisotopic (exact) mass is 587 g/mol. The Labute approximate surface area is 267 Å². The molecule has 0 bridgehead atoms. The van der Waals surface area contributed by atoms with E-state index in [0.29, 0.717) is 0 Å². The second kappa shape index (κ2) is 10.8. The minimum Gasteiger partial charge on any atom is -0.310 e. The van der Waals surface area contributed by atoms with E-state index in [-0.39, 0.29) is 0 Å². The third kappa shape index (κ3) is 4.41. The quantitative estimate of drug-likeness (QED) is 0.200. The fourth-order valence-corrected chi connectivity index (χ4v) is 6.76. The molecular weight excluding hydrogens is 558 g/mol. The van der Waals surface area contributed by atoms with E-state index in [1.165, 1.54) is 32.6 Å². The van der Waals surface area contributed by atoms with Crippen molar-refractivity contribution in [2.24, 2.45) is 0 Å². The van der Waals surface area contributed by atoms with Crippen molar-refractivity contribution in [1.29, 1.82) is 0 Å². The SMILES string of the molecule is c1ccc(N(c2ccc(-n3c4ccccc4c4ccccc43)cc2)c2ccc3ccc(-c4cnc5ccccc5c4)cc3c2)cc1. The fourth-order valence-electron chi connectivity index (χ4n) is 6.76. The van der Waals surface area contributed by atoms with E-state index in [1.807, 2.05) is 12.3 Å². The van der Waals surface area contributed by atoms with Gasteiger partial charge in [-0.1, -0.05) is 91.0 Å². The van der Waals surface area contributed by atoms with Crippen LogP contribution in [0.15, 0.2) is 176 Å². The van der Waals surface area contributed by atoms with E-state index >= 15 is 0 Å². The van der Waals surface area contributed by atoms with Gasteiger partial charge in [0.2, 0.25) is 0 Å². The number of hydrogen-bond donors (Lipinski definition) is 0. The molecule has 0 radical (unpaired) electrons. The highest BCUT2D eigenvalue weighted by atomic mass is 15.1. The van der Waals surface area contributed by atoms with Crippen LogP contribution in [-0.4, -0.2) is 9.55 Å². The number of pyridine rings is 1. The summed E-state index contributed by atoms with van der Waals surface area (Å²) >= 11 is 0. The molecule has 0 unspecified atom stereocenters. The molecule has 2 aromatic heterocycles.